The number of carboxylic acids is 2. The Kier molecular flexibility index (Phi) is 9.45. The molecule has 4 aromatic carbocycles. The molecule has 4 rings (SSSR count). The van der Waals surface area contributed by atoms with E-state index in [2.05, 4.69) is 10.6 Å². The second-order valence-corrected chi connectivity index (χ2v) is 8.87. The van der Waals surface area contributed by atoms with Crippen LogP contribution in [0.3, 0.4) is 0 Å². The number of alkyl halides is 3. The summed E-state index contributed by atoms with van der Waals surface area (Å²) < 4.78 is 37.8. The lowest BCUT2D eigenvalue weighted by Gasteiger charge is -2.13. The van der Waals surface area contributed by atoms with E-state index in [-0.39, 0.29) is 22.5 Å². The largest absolute Gasteiger partial charge is 0.478 e. The Labute approximate surface area is 231 Å². The monoisotopic (exact) mass is 576 g/mol. The van der Waals surface area contributed by atoms with Gasteiger partial charge in [-0.05, 0) is 61.0 Å². The highest BCUT2D eigenvalue weighted by molar-refractivity contribution is 6.39. The third-order valence-corrected chi connectivity index (χ3v) is 6.13. The molecule has 0 aliphatic heterocycles. The van der Waals surface area contributed by atoms with E-state index in [1.807, 2.05) is 6.92 Å². The highest BCUT2D eigenvalue weighted by Gasteiger charge is 2.30. The summed E-state index contributed by atoms with van der Waals surface area (Å²) in [6.45, 7) is 1.85. The molecule has 0 spiro atoms. The predicted octanol–water partition coefficient (Wildman–Crippen LogP) is 8.89. The minimum absolute atomic E-state index is 0.00934. The zero-order valence-corrected chi connectivity index (χ0v) is 21.7. The van der Waals surface area contributed by atoms with Gasteiger partial charge in [0.1, 0.15) is 0 Å². The number of carboxylic acid groups (broad SMARTS) is 2. The Balaban J connectivity index is 0.000000216. The normalized spacial score (nSPS) is 10.7. The van der Waals surface area contributed by atoms with Crippen LogP contribution in [0.2, 0.25) is 10.0 Å². The van der Waals surface area contributed by atoms with Crippen LogP contribution in [0.4, 0.5) is 35.9 Å². The van der Waals surface area contributed by atoms with Crippen molar-refractivity contribution in [3.05, 3.63) is 117 Å². The first-order chi connectivity index (χ1) is 18.4. The summed E-state index contributed by atoms with van der Waals surface area (Å²) in [5, 5.41) is 24.7. The number of aromatic carboxylic acids is 2. The quantitative estimate of drug-likeness (QED) is 0.183. The lowest BCUT2D eigenvalue weighted by atomic mass is 10.1. The molecule has 6 nitrogen and oxygen atoms in total. The molecule has 11 heteroatoms. The van der Waals surface area contributed by atoms with Crippen molar-refractivity contribution in [3.8, 4) is 0 Å². The van der Waals surface area contributed by atoms with E-state index >= 15 is 0 Å². The number of carbonyl (C=O) groups is 2. The number of benzene rings is 4. The van der Waals surface area contributed by atoms with Crippen molar-refractivity contribution >= 4 is 57.9 Å². The van der Waals surface area contributed by atoms with Gasteiger partial charge in [0.15, 0.2) is 0 Å². The van der Waals surface area contributed by atoms with E-state index in [9.17, 15) is 22.8 Å². The summed E-state index contributed by atoms with van der Waals surface area (Å²) in [4.78, 5) is 22.2. The third kappa shape index (κ3) is 7.66. The standard InChI is InChI=1S/C14H11Cl2NO2.C14H10F3NO2/c1-8-6-7-10(15)13(12(8)16)17-11-5-3-2-4-9(11)14(18)19;15-14(16,17)9-4-3-5-10(8-9)18-12-7-2-1-6-11(12)13(19)20/h2-7,17H,1H3,(H,18,19);1-8,18H,(H,19,20). The average molecular weight is 577 g/mol. The number of hydrogen-bond acceptors (Lipinski definition) is 4. The van der Waals surface area contributed by atoms with Gasteiger partial charge in [-0.1, -0.05) is 59.6 Å². The van der Waals surface area contributed by atoms with Crippen LogP contribution in [0.1, 0.15) is 31.8 Å². The van der Waals surface area contributed by atoms with Crippen LogP contribution < -0.4 is 10.6 Å². The fourth-order valence-corrected chi connectivity index (χ4v) is 3.86. The molecule has 0 aliphatic rings. The fourth-order valence-electron chi connectivity index (χ4n) is 3.39. The molecular weight excluding hydrogens is 556 g/mol. The molecule has 0 saturated heterocycles. The maximum Gasteiger partial charge on any atom is 0.416 e. The van der Waals surface area contributed by atoms with Gasteiger partial charge in [0.05, 0.1) is 43.8 Å². The zero-order chi connectivity index (χ0) is 28.7. The van der Waals surface area contributed by atoms with E-state index in [0.29, 0.717) is 21.4 Å². The number of aryl methyl sites for hydroxylation is 1. The van der Waals surface area contributed by atoms with E-state index in [1.165, 1.54) is 30.3 Å². The molecule has 0 radical (unpaired) electrons. The highest BCUT2D eigenvalue weighted by Crippen LogP contribution is 2.36. The molecule has 4 aromatic rings. The van der Waals surface area contributed by atoms with E-state index in [1.54, 1.807) is 42.5 Å². The molecule has 0 amide bonds. The Morgan fingerprint density at radius 3 is 1.82 bits per heavy atom. The summed E-state index contributed by atoms with van der Waals surface area (Å²) in [6.07, 6.45) is -4.44. The lowest BCUT2D eigenvalue weighted by molar-refractivity contribution is -0.137. The van der Waals surface area contributed by atoms with Gasteiger partial charge in [0, 0.05) is 5.69 Å². The Morgan fingerprint density at radius 2 is 1.28 bits per heavy atom. The van der Waals surface area contributed by atoms with Crippen molar-refractivity contribution < 1.29 is 33.0 Å². The predicted molar refractivity (Wildman–Crippen MR) is 146 cm³/mol. The van der Waals surface area contributed by atoms with Gasteiger partial charge < -0.3 is 20.8 Å². The molecule has 39 heavy (non-hydrogen) atoms. The second-order valence-electron chi connectivity index (χ2n) is 8.08. The summed E-state index contributed by atoms with van der Waals surface area (Å²) >= 11 is 12.3. The van der Waals surface area contributed by atoms with Gasteiger partial charge in [-0.15, -0.1) is 0 Å². The van der Waals surface area contributed by atoms with Gasteiger partial charge in [-0.25, -0.2) is 9.59 Å². The molecule has 0 unspecified atom stereocenters. The van der Waals surface area contributed by atoms with Crippen molar-refractivity contribution in [1.82, 2.24) is 0 Å². The minimum atomic E-state index is -4.44. The van der Waals surface area contributed by atoms with E-state index in [4.69, 9.17) is 33.4 Å². The first-order valence-corrected chi connectivity index (χ1v) is 11.9. The SMILES string of the molecule is Cc1ccc(Cl)c(Nc2ccccc2C(=O)O)c1Cl.O=C(O)c1ccccc1Nc1cccc(C(F)(F)F)c1. The maximum absolute atomic E-state index is 12.6. The minimum Gasteiger partial charge on any atom is -0.478 e. The maximum atomic E-state index is 12.6. The molecule has 202 valence electrons. The summed E-state index contributed by atoms with van der Waals surface area (Å²) in [7, 11) is 0. The van der Waals surface area contributed by atoms with Gasteiger partial charge in [0.25, 0.3) is 0 Å². The molecule has 0 aromatic heterocycles. The molecule has 0 aliphatic carbocycles. The van der Waals surface area contributed by atoms with Gasteiger partial charge >= 0.3 is 18.1 Å². The molecule has 0 bridgehead atoms. The Hall–Kier alpha value is -4.21. The topological polar surface area (TPSA) is 98.7 Å². The average Bonchev–Trinajstić information content (AvgIpc) is 2.89. The lowest BCUT2D eigenvalue weighted by Crippen LogP contribution is -2.06. The Bertz CT molecular complexity index is 1510. The van der Waals surface area contributed by atoms with Crippen molar-refractivity contribution in [2.24, 2.45) is 0 Å². The van der Waals surface area contributed by atoms with Crippen LogP contribution in [0.15, 0.2) is 84.9 Å². The first kappa shape index (κ1) is 29.3. The molecule has 0 atom stereocenters. The third-order valence-electron chi connectivity index (χ3n) is 5.33. The van der Waals surface area contributed by atoms with Crippen LogP contribution in [0.25, 0.3) is 0 Å². The van der Waals surface area contributed by atoms with Gasteiger partial charge in [-0.3, -0.25) is 0 Å². The van der Waals surface area contributed by atoms with Crippen molar-refractivity contribution in [3.63, 3.8) is 0 Å². The van der Waals surface area contributed by atoms with Crippen molar-refractivity contribution in [2.75, 3.05) is 10.6 Å². The summed E-state index contributed by atoms with van der Waals surface area (Å²) in [6, 6.07) is 20.7. The van der Waals surface area contributed by atoms with Crippen molar-refractivity contribution in [2.45, 2.75) is 13.1 Å². The molecule has 0 heterocycles. The van der Waals surface area contributed by atoms with Gasteiger partial charge in [-0.2, -0.15) is 13.2 Å². The Morgan fingerprint density at radius 1 is 0.744 bits per heavy atom. The smallest absolute Gasteiger partial charge is 0.416 e. The molecular formula is C28H21Cl2F3N2O4. The first-order valence-electron chi connectivity index (χ1n) is 11.2. The second kappa shape index (κ2) is 12.6. The fraction of sp³-hybridized carbons (Fsp3) is 0.0714. The number of anilines is 4. The van der Waals surface area contributed by atoms with Gasteiger partial charge in [0.2, 0.25) is 0 Å². The number of rotatable bonds is 6. The zero-order valence-electron chi connectivity index (χ0n) is 20.2. The summed E-state index contributed by atoms with van der Waals surface area (Å²) in [5.74, 6) is -2.16. The molecule has 0 saturated carbocycles. The van der Waals surface area contributed by atoms with Crippen LogP contribution >= 0.6 is 23.2 Å². The number of para-hydroxylation sites is 2. The highest BCUT2D eigenvalue weighted by atomic mass is 35.5. The molecule has 4 N–H and O–H groups in total. The van der Waals surface area contributed by atoms with Crippen LogP contribution in [0, 0.1) is 6.92 Å². The van der Waals surface area contributed by atoms with E-state index in [0.717, 1.165) is 17.7 Å². The number of halogens is 5. The number of nitrogens with one attached hydrogen (secondary N) is 2. The molecule has 0 fully saturated rings. The van der Waals surface area contributed by atoms with Crippen LogP contribution in [-0.4, -0.2) is 22.2 Å². The van der Waals surface area contributed by atoms with E-state index < -0.39 is 23.7 Å². The van der Waals surface area contributed by atoms with Crippen LogP contribution in [0.5, 0.6) is 0 Å². The van der Waals surface area contributed by atoms with Crippen molar-refractivity contribution in [1.29, 1.82) is 0 Å². The summed E-state index contributed by atoms with van der Waals surface area (Å²) in [5.41, 5.74) is 1.59. The number of hydrogen-bond donors (Lipinski definition) is 4. The van der Waals surface area contributed by atoms with Crippen LogP contribution in [-0.2, 0) is 6.18 Å².